The van der Waals surface area contributed by atoms with Crippen LogP contribution in [-0.4, -0.2) is 55.6 Å². The topological polar surface area (TPSA) is 86.8 Å². The molecule has 0 bridgehead atoms. The first-order chi connectivity index (χ1) is 11.3. The van der Waals surface area contributed by atoms with E-state index < -0.39 is 10.0 Å². The van der Waals surface area contributed by atoms with Crippen LogP contribution >= 0.6 is 0 Å². The van der Waals surface area contributed by atoms with Gasteiger partial charge in [-0.3, -0.25) is 9.59 Å². The number of benzene rings is 1. The normalized spacial score (nSPS) is 24.8. The van der Waals surface area contributed by atoms with E-state index in [1.165, 1.54) is 23.4 Å². The second-order valence-electron chi connectivity index (χ2n) is 6.39. The van der Waals surface area contributed by atoms with Crippen molar-refractivity contribution in [2.24, 2.45) is 5.92 Å². The molecule has 2 heterocycles. The molecule has 0 spiro atoms. The summed E-state index contributed by atoms with van der Waals surface area (Å²) in [5.74, 6) is 0.126. The van der Waals surface area contributed by atoms with Crippen molar-refractivity contribution in [3.8, 4) is 0 Å². The van der Waals surface area contributed by atoms with Crippen LogP contribution in [0.25, 0.3) is 0 Å². The average Bonchev–Trinajstić information content (AvgIpc) is 2.82. The Kier molecular flexibility index (Phi) is 4.35. The van der Waals surface area contributed by atoms with Gasteiger partial charge in [0.25, 0.3) is 0 Å². The number of rotatable bonds is 3. The van der Waals surface area contributed by atoms with E-state index >= 15 is 0 Å². The number of carbonyl (C=O) groups is 2. The predicted octanol–water partition coefficient (Wildman–Crippen LogP) is 0.886. The minimum Gasteiger partial charge on any atom is -0.341 e. The molecule has 7 nitrogen and oxygen atoms in total. The number of likely N-dealkylation sites (N-methyl/N-ethyl adjacent to an activating group) is 1. The van der Waals surface area contributed by atoms with E-state index in [2.05, 4.69) is 5.32 Å². The van der Waals surface area contributed by atoms with Gasteiger partial charge < -0.3 is 10.2 Å². The molecule has 24 heavy (non-hydrogen) atoms. The van der Waals surface area contributed by atoms with Gasteiger partial charge in [-0.2, -0.15) is 4.31 Å². The minimum absolute atomic E-state index is 0.0420. The highest BCUT2D eigenvalue weighted by Crippen LogP contribution is 2.33. The van der Waals surface area contributed by atoms with Crippen LogP contribution in [0.2, 0.25) is 0 Å². The monoisotopic (exact) mass is 351 g/mol. The number of sulfonamides is 1. The molecule has 1 aromatic carbocycles. The van der Waals surface area contributed by atoms with Crippen molar-refractivity contribution in [2.75, 3.05) is 25.5 Å². The summed E-state index contributed by atoms with van der Waals surface area (Å²) < 4.78 is 27.1. The lowest BCUT2D eigenvalue weighted by Crippen LogP contribution is -2.49. The smallest absolute Gasteiger partial charge is 0.243 e. The van der Waals surface area contributed by atoms with Crippen molar-refractivity contribution < 1.29 is 18.0 Å². The van der Waals surface area contributed by atoms with E-state index in [4.69, 9.17) is 0 Å². The zero-order valence-electron chi connectivity index (χ0n) is 13.7. The Balaban J connectivity index is 1.78. The number of hydrogen-bond acceptors (Lipinski definition) is 4. The Morgan fingerprint density at radius 3 is 2.54 bits per heavy atom. The third-order valence-corrected chi connectivity index (χ3v) is 6.70. The molecule has 2 amide bonds. The summed E-state index contributed by atoms with van der Waals surface area (Å²) in [7, 11) is -1.86. The highest BCUT2D eigenvalue weighted by Gasteiger charge is 2.43. The van der Waals surface area contributed by atoms with Gasteiger partial charge in [-0.05, 0) is 36.6 Å². The van der Waals surface area contributed by atoms with Crippen molar-refractivity contribution >= 4 is 27.5 Å². The fraction of sp³-hybridized carbons (Fsp3) is 0.500. The molecule has 2 fully saturated rings. The fourth-order valence-corrected chi connectivity index (χ4v) is 4.94. The molecule has 130 valence electrons. The van der Waals surface area contributed by atoms with E-state index in [0.717, 1.165) is 0 Å². The first-order valence-electron chi connectivity index (χ1n) is 7.92. The van der Waals surface area contributed by atoms with Gasteiger partial charge in [-0.25, -0.2) is 8.42 Å². The number of nitrogens with zero attached hydrogens (tertiary/aromatic N) is 2. The number of fused-ring (bicyclic) bond motifs is 1. The molecular weight excluding hydrogens is 330 g/mol. The number of hydrogen-bond donors (Lipinski definition) is 1. The van der Waals surface area contributed by atoms with Crippen LogP contribution in [0.1, 0.15) is 19.8 Å². The first kappa shape index (κ1) is 16.9. The molecule has 8 heteroatoms. The predicted molar refractivity (Wildman–Crippen MR) is 88.8 cm³/mol. The van der Waals surface area contributed by atoms with Crippen LogP contribution in [0.3, 0.4) is 0 Å². The molecule has 3 rings (SSSR count). The molecule has 0 aromatic heterocycles. The summed E-state index contributed by atoms with van der Waals surface area (Å²) in [5, 5.41) is 2.61. The van der Waals surface area contributed by atoms with Gasteiger partial charge in [-0.15, -0.1) is 0 Å². The molecule has 2 atom stereocenters. The van der Waals surface area contributed by atoms with Crippen molar-refractivity contribution in [3.05, 3.63) is 24.3 Å². The lowest BCUT2D eigenvalue weighted by atomic mass is 9.93. The highest BCUT2D eigenvalue weighted by atomic mass is 32.2. The van der Waals surface area contributed by atoms with E-state index in [9.17, 15) is 18.0 Å². The third kappa shape index (κ3) is 3.03. The van der Waals surface area contributed by atoms with Crippen molar-refractivity contribution in [3.63, 3.8) is 0 Å². The third-order valence-electron chi connectivity index (χ3n) is 4.82. The van der Waals surface area contributed by atoms with E-state index in [0.29, 0.717) is 31.6 Å². The van der Waals surface area contributed by atoms with Crippen LogP contribution in [-0.2, 0) is 19.6 Å². The lowest BCUT2D eigenvalue weighted by molar-refractivity contribution is -0.127. The lowest BCUT2D eigenvalue weighted by Gasteiger charge is -2.36. The molecule has 2 saturated heterocycles. The van der Waals surface area contributed by atoms with E-state index in [1.54, 1.807) is 24.1 Å². The van der Waals surface area contributed by atoms with Gasteiger partial charge in [0.2, 0.25) is 21.8 Å². The summed E-state index contributed by atoms with van der Waals surface area (Å²) in [6.07, 6.45) is 1.21. The number of anilines is 1. The number of likely N-dealkylation sites (tertiary alicyclic amines) is 1. The highest BCUT2D eigenvalue weighted by molar-refractivity contribution is 7.89. The van der Waals surface area contributed by atoms with Crippen LogP contribution in [0.5, 0.6) is 0 Å². The minimum atomic E-state index is -3.60. The Hall–Kier alpha value is -1.93. The van der Waals surface area contributed by atoms with Gasteiger partial charge in [0.05, 0.1) is 4.90 Å². The van der Waals surface area contributed by atoms with Crippen LogP contribution in [0.4, 0.5) is 5.69 Å². The molecule has 0 radical (unpaired) electrons. The largest absolute Gasteiger partial charge is 0.341 e. The van der Waals surface area contributed by atoms with Gasteiger partial charge in [0.1, 0.15) is 0 Å². The average molecular weight is 351 g/mol. The standard InChI is InChI=1S/C16H21N3O4S/c1-11(20)17-13-3-5-14(6-4-13)24(22,23)19-8-7-12-9-16(21)18(2)15(12)10-19/h3-6,12,15H,7-10H2,1-2H3,(H,17,20)/t12-,15-/m1/s1. The van der Waals surface area contributed by atoms with Crippen LogP contribution in [0, 0.1) is 5.92 Å². The second-order valence-corrected chi connectivity index (χ2v) is 8.33. The number of amides is 2. The Labute approximate surface area is 141 Å². The molecule has 0 saturated carbocycles. The van der Waals surface area contributed by atoms with Crippen LogP contribution in [0.15, 0.2) is 29.2 Å². The summed E-state index contributed by atoms with van der Waals surface area (Å²) in [4.78, 5) is 24.7. The van der Waals surface area contributed by atoms with Gasteiger partial charge in [0, 0.05) is 45.2 Å². The van der Waals surface area contributed by atoms with Crippen molar-refractivity contribution in [2.45, 2.75) is 30.7 Å². The van der Waals surface area contributed by atoms with E-state index in [-0.39, 0.29) is 28.7 Å². The molecule has 0 unspecified atom stereocenters. The van der Waals surface area contributed by atoms with Crippen molar-refractivity contribution in [1.82, 2.24) is 9.21 Å². The number of nitrogens with one attached hydrogen (secondary N) is 1. The second kappa shape index (κ2) is 6.18. The molecule has 1 aromatic rings. The summed E-state index contributed by atoms with van der Waals surface area (Å²) in [5.41, 5.74) is 0.557. The zero-order chi connectivity index (χ0) is 17.5. The number of piperidine rings is 1. The maximum atomic E-state index is 12.8. The Morgan fingerprint density at radius 2 is 1.92 bits per heavy atom. The summed E-state index contributed by atoms with van der Waals surface area (Å²) in [6, 6.07) is 6.10. The van der Waals surface area contributed by atoms with Gasteiger partial charge in [-0.1, -0.05) is 0 Å². The summed E-state index contributed by atoms with van der Waals surface area (Å²) in [6.45, 7) is 2.16. The molecule has 1 N–H and O–H groups in total. The SMILES string of the molecule is CC(=O)Nc1ccc(S(=O)(=O)N2CC[C@@H]3CC(=O)N(C)[C@@H]3C2)cc1. The van der Waals surface area contributed by atoms with Gasteiger partial charge in [0.15, 0.2) is 0 Å². The first-order valence-corrected chi connectivity index (χ1v) is 9.36. The maximum Gasteiger partial charge on any atom is 0.243 e. The van der Waals surface area contributed by atoms with E-state index in [1.807, 2.05) is 0 Å². The zero-order valence-corrected chi connectivity index (χ0v) is 14.5. The Morgan fingerprint density at radius 1 is 1.25 bits per heavy atom. The van der Waals surface area contributed by atoms with Crippen molar-refractivity contribution in [1.29, 1.82) is 0 Å². The maximum absolute atomic E-state index is 12.8. The summed E-state index contributed by atoms with van der Waals surface area (Å²) >= 11 is 0. The van der Waals surface area contributed by atoms with Gasteiger partial charge >= 0.3 is 0 Å². The van der Waals surface area contributed by atoms with Crippen LogP contribution < -0.4 is 5.32 Å². The molecule has 0 aliphatic carbocycles. The molecule has 2 aliphatic heterocycles. The molecule has 2 aliphatic rings. The fourth-order valence-electron chi connectivity index (χ4n) is 3.46. The number of carbonyl (C=O) groups excluding carboxylic acids is 2. The quantitative estimate of drug-likeness (QED) is 0.876. The molecular formula is C16H21N3O4S. The Bertz CT molecular complexity index is 760.